The van der Waals surface area contributed by atoms with Gasteiger partial charge >= 0.3 is 0 Å². The molecule has 3 rings (SSSR count). The van der Waals surface area contributed by atoms with Gasteiger partial charge in [0.05, 0.1) is 0 Å². The molecule has 2 aromatic rings. The van der Waals surface area contributed by atoms with Crippen LogP contribution in [0.25, 0.3) is 0 Å². The lowest BCUT2D eigenvalue weighted by Gasteiger charge is -2.11. The van der Waals surface area contributed by atoms with E-state index in [9.17, 15) is 0 Å². The Labute approximate surface area is 116 Å². The van der Waals surface area contributed by atoms with Crippen LogP contribution in [0.2, 0.25) is 0 Å². The van der Waals surface area contributed by atoms with Crippen LogP contribution in [0, 0.1) is 13.8 Å². The van der Waals surface area contributed by atoms with Gasteiger partial charge < -0.3 is 8.83 Å². The van der Waals surface area contributed by atoms with Crippen molar-refractivity contribution in [2.45, 2.75) is 19.5 Å². The van der Waals surface area contributed by atoms with Crippen LogP contribution in [0.4, 0.5) is 0 Å². The largest absolute Gasteiger partial charge is 0.462 e. The van der Waals surface area contributed by atoms with Crippen LogP contribution in [0.3, 0.4) is 0 Å². The third-order valence-corrected chi connectivity index (χ3v) is 5.90. The Morgan fingerprint density at radius 3 is 2.26 bits per heavy atom. The second kappa shape index (κ2) is 5.49. The Kier molecular flexibility index (Phi) is 3.73. The molecule has 1 aliphatic carbocycles. The van der Waals surface area contributed by atoms with Crippen molar-refractivity contribution in [3.63, 3.8) is 0 Å². The van der Waals surface area contributed by atoms with E-state index in [4.69, 9.17) is 8.83 Å². The number of aryl methyl sites for hydroxylation is 2. The molecule has 0 saturated carbocycles. The number of furan rings is 2. The zero-order valence-electron chi connectivity index (χ0n) is 10.9. The summed E-state index contributed by atoms with van der Waals surface area (Å²) in [6, 6.07) is 8.21. The summed E-state index contributed by atoms with van der Waals surface area (Å²) in [6.45, 7) is 3.97. The third-order valence-electron chi connectivity index (χ3n) is 2.96. The molecule has 98 valence electrons. The number of rotatable bonds is 4. The predicted molar refractivity (Wildman–Crippen MR) is 83.8 cm³/mol. The third kappa shape index (κ3) is 3.08. The van der Waals surface area contributed by atoms with Crippen molar-refractivity contribution < 1.29 is 8.83 Å². The van der Waals surface area contributed by atoms with Crippen molar-refractivity contribution >= 4 is 28.2 Å². The monoisotopic (exact) mass is 290 g/mol. The van der Waals surface area contributed by atoms with Gasteiger partial charge in [-0.05, 0) is 60.6 Å². The maximum atomic E-state index is 5.68. The van der Waals surface area contributed by atoms with Crippen LogP contribution in [0.15, 0.2) is 56.6 Å². The van der Waals surface area contributed by atoms with Gasteiger partial charge in [-0.25, -0.2) is 0 Å². The smallest absolute Gasteiger partial charge is 0.126 e. The fourth-order valence-corrected chi connectivity index (χ4v) is 4.72. The molecular weight excluding hydrogens is 274 g/mol. The fourth-order valence-electron chi connectivity index (χ4n) is 2.03. The van der Waals surface area contributed by atoms with Gasteiger partial charge in [-0.15, -0.1) is 0 Å². The second-order valence-electron chi connectivity index (χ2n) is 4.57. The molecule has 4 heteroatoms. The summed E-state index contributed by atoms with van der Waals surface area (Å²) >= 11 is 0. The second-order valence-corrected chi connectivity index (χ2v) is 7.30. The van der Waals surface area contributed by atoms with Gasteiger partial charge in [0, 0.05) is 5.66 Å². The first-order valence-corrected chi connectivity index (χ1v) is 8.33. The summed E-state index contributed by atoms with van der Waals surface area (Å²) in [4.78, 5) is 0. The molecular formula is C15H16O2P2. The van der Waals surface area contributed by atoms with Gasteiger partial charge in [-0.3, -0.25) is 0 Å². The van der Waals surface area contributed by atoms with Gasteiger partial charge in [0.2, 0.25) is 0 Å². The minimum atomic E-state index is 0.467. The lowest BCUT2D eigenvalue weighted by Crippen LogP contribution is -2.03. The van der Waals surface area contributed by atoms with Crippen LogP contribution in [-0.2, 0) is 0 Å². The van der Waals surface area contributed by atoms with Crippen LogP contribution < -0.4 is 11.0 Å². The quantitative estimate of drug-likeness (QED) is 0.804. The summed E-state index contributed by atoms with van der Waals surface area (Å²) in [5.41, 5.74) is 2.62. The summed E-state index contributed by atoms with van der Waals surface area (Å²) in [7, 11) is 1.28. The van der Waals surface area contributed by atoms with Crippen molar-refractivity contribution in [1.82, 2.24) is 0 Å². The van der Waals surface area contributed by atoms with Gasteiger partial charge in [0.1, 0.15) is 22.5 Å². The molecule has 3 unspecified atom stereocenters. The Bertz CT molecular complexity index is 634. The first kappa shape index (κ1) is 12.9. The molecule has 0 saturated heterocycles. The lowest BCUT2D eigenvalue weighted by molar-refractivity contribution is 0.566. The predicted octanol–water partition coefficient (Wildman–Crippen LogP) is 3.62. The zero-order valence-corrected chi connectivity index (χ0v) is 12.9. The number of hydrogen-bond donors (Lipinski definition) is 0. The lowest BCUT2D eigenvalue weighted by atomic mass is 10.5. The average Bonchev–Trinajstić information content (AvgIpc) is 3.06. The molecule has 0 bridgehead atoms. The van der Waals surface area contributed by atoms with Crippen LogP contribution in [0.1, 0.15) is 11.5 Å². The van der Waals surface area contributed by atoms with Crippen molar-refractivity contribution in [2.75, 3.05) is 0 Å². The highest BCUT2D eigenvalue weighted by Gasteiger charge is 2.18. The highest BCUT2D eigenvalue weighted by Crippen LogP contribution is 2.40. The molecule has 2 aromatic heterocycles. The Balaban J connectivity index is 1.69. The normalized spacial score (nSPS) is 19.3. The van der Waals surface area contributed by atoms with Crippen LogP contribution in [-0.4, -0.2) is 5.66 Å². The van der Waals surface area contributed by atoms with E-state index >= 15 is 0 Å². The standard InChI is InChI=1S/C15H16O2P2/c1-10-6-8-14(16-10)18-12-4-3-5-13(12)19-15-9-7-11(2)17-15/h3-9,12,18-19H,1-2H3. The zero-order chi connectivity index (χ0) is 13.2. The van der Waals surface area contributed by atoms with E-state index in [1.807, 2.05) is 26.0 Å². The van der Waals surface area contributed by atoms with Crippen molar-refractivity contribution in [3.05, 3.63) is 59.3 Å². The van der Waals surface area contributed by atoms with Crippen LogP contribution in [0.5, 0.6) is 0 Å². The molecule has 2 nitrogen and oxygen atoms in total. The first-order chi connectivity index (χ1) is 9.20. The Morgan fingerprint density at radius 2 is 1.63 bits per heavy atom. The molecule has 0 fully saturated rings. The van der Waals surface area contributed by atoms with E-state index in [-0.39, 0.29) is 0 Å². The molecule has 19 heavy (non-hydrogen) atoms. The van der Waals surface area contributed by atoms with Gasteiger partial charge in [0.15, 0.2) is 0 Å². The molecule has 0 spiro atoms. The van der Waals surface area contributed by atoms with Crippen molar-refractivity contribution in [2.24, 2.45) is 0 Å². The average molecular weight is 290 g/mol. The van der Waals surface area contributed by atoms with E-state index in [0.29, 0.717) is 22.8 Å². The first-order valence-electron chi connectivity index (χ1n) is 6.25. The number of allylic oxidation sites excluding steroid dienone is 4. The van der Waals surface area contributed by atoms with Gasteiger partial charge in [-0.2, -0.15) is 0 Å². The van der Waals surface area contributed by atoms with E-state index < -0.39 is 0 Å². The van der Waals surface area contributed by atoms with Gasteiger partial charge in [0.25, 0.3) is 0 Å². The molecule has 1 aliphatic rings. The highest BCUT2D eigenvalue weighted by atomic mass is 31.1. The number of hydrogen-bond acceptors (Lipinski definition) is 2. The summed E-state index contributed by atoms with van der Waals surface area (Å²) < 4.78 is 11.4. The highest BCUT2D eigenvalue weighted by molar-refractivity contribution is 7.55. The van der Waals surface area contributed by atoms with E-state index in [2.05, 4.69) is 30.4 Å². The topological polar surface area (TPSA) is 26.3 Å². The molecule has 0 aromatic carbocycles. The van der Waals surface area contributed by atoms with Crippen molar-refractivity contribution in [3.8, 4) is 0 Å². The molecule has 0 aliphatic heterocycles. The SMILES string of the molecule is Cc1ccc(PC2=CC=CC2Pc2ccc(C)o2)o1. The van der Waals surface area contributed by atoms with E-state index in [1.165, 1.54) is 5.31 Å². The molecule has 2 heterocycles. The molecule has 0 N–H and O–H groups in total. The summed E-state index contributed by atoms with van der Waals surface area (Å²) in [5, 5.41) is 1.43. The molecule has 0 radical (unpaired) electrons. The minimum Gasteiger partial charge on any atom is -0.462 e. The maximum absolute atomic E-state index is 5.68. The Morgan fingerprint density at radius 1 is 0.947 bits per heavy atom. The maximum Gasteiger partial charge on any atom is 0.126 e. The molecule has 0 amide bonds. The summed E-state index contributed by atoms with van der Waals surface area (Å²) in [6.07, 6.45) is 6.61. The minimum absolute atomic E-state index is 0.467. The van der Waals surface area contributed by atoms with E-state index in [1.54, 1.807) is 0 Å². The van der Waals surface area contributed by atoms with Crippen LogP contribution >= 0.6 is 17.2 Å². The van der Waals surface area contributed by atoms with E-state index in [0.717, 1.165) is 22.5 Å². The fraction of sp³-hybridized carbons (Fsp3) is 0.200. The Hall–Kier alpha value is -1.10. The van der Waals surface area contributed by atoms with Crippen molar-refractivity contribution in [1.29, 1.82) is 0 Å². The summed E-state index contributed by atoms with van der Waals surface area (Å²) in [5.74, 6) is 1.97. The van der Waals surface area contributed by atoms with Gasteiger partial charge in [-0.1, -0.05) is 18.2 Å². The molecule has 3 atom stereocenters.